The standard InChI is InChI=1S/C14H19NO/c1-11-3-2-4-13-12(11)5-10-16-14(13)6-8-15-9-7-14/h2-4,15H,5-10H2,1H3. The first-order valence-electron chi connectivity index (χ1n) is 6.25. The molecule has 0 amide bonds. The molecule has 2 aliphatic heterocycles. The van der Waals surface area contributed by atoms with Crippen molar-refractivity contribution in [1.29, 1.82) is 0 Å². The molecule has 2 aliphatic rings. The molecule has 0 radical (unpaired) electrons. The topological polar surface area (TPSA) is 21.3 Å². The van der Waals surface area contributed by atoms with Gasteiger partial charge >= 0.3 is 0 Å². The molecule has 1 fully saturated rings. The first-order chi connectivity index (χ1) is 7.82. The molecule has 1 N–H and O–H groups in total. The Morgan fingerprint density at radius 3 is 2.88 bits per heavy atom. The fourth-order valence-electron chi connectivity index (χ4n) is 3.13. The second-order valence-electron chi connectivity index (χ2n) is 4.94. The van der Waals surface area contributed by atoms with Crippen LogP contribution >= 0.6 is 0 Å². The van der Waals surface area contributed by atoms with Crippen LogP contribution in [0.15, 0.2) is 18.2 Å². The smallest absolute Gasteiger partial charge is 0.0958 e. The molecule has 2 nitrogen and oxygen atoms in total. The van der Waals surface area contributed by atoms with E-state index in [9.17, 15) is 0 Å². The quantitative estimate of drug-likeness (QED) is 0.719. The molecule has 1 aromatic rings. The van der Waals surface area contributed by atoms with Gasteiger partial charge in [-0.15, -0.1) is 0 Å². The van der Waals surface area contributed by atoms with E-state index in [1.165, 1.54) is 16.7 Å². The van der Waals surface area contributed by atoms with Crippen LogP contribution in [0.2, 0.25) is 0 Å². The van der Waals surface area contributed by atoms with Crippen molar-refractivity contribution >= 4 is 0 Å². The van der Waals surface area contributed by atoms with Crippen molar-refractivity contribution in [2.24, 2.45) is 0 Å². The van der Waals surface area contributed by atoms with Gasteiger partial charge in [0, 0.05) is 0 Å². The highest BCUT2D eigenvalue weighted by atomic mass is 16.5. The summed E-state index contributed by atoms with van der Waals surface area (Å²) in [6.07, 6.45) is 3.31. The van der Waals surface area contributed by atoms with Crippen molar-refractivity contribution in [2.75, 3.05) is 19.7 Å². The summed E-state index contributed by atoms with van der Waals surface area (Å²) >= 11 is 0. The van der Waals surface area contributed by atoms with Crippen molar-refractivity contribution in [2.45, 2.75) is 31.8 Å². The third kappa shape index (κ3) is 1.48. The maximum atomic E-state index is 6.15. The van der Waals surface area contributed by atoms with Gasteiger partial charge in [-0.1, -0.05) is 18.2 Å². The zero-order chi connectivity index (χ0) is 11.0. The van der Waals surface area contributed by atoms with E-state index in [4.69, 9.17) is 4.74 Å². The van der Waals surface area contributed by atoms with Gasteiger partial charge in [-0.25, -0.2) is 0 Å². The Hall–Kier alpha value is -0.860. The van der Waals surface area contributed by atoms with E-state index >= 15 is 0 Å². The molecule has 0 atom stereocenters. The summed E-state index contributed by atoms with van der Waals surface area (Å²) in [7, 11) is 0. The Bertz CT molecular complexity index is 394. The van der Waals surface area contributed by atoms with Crippen molar-refractivity contribution < 1.29 is 4.74 Å². The maximum Gasteiger partial charge on any atom is 0.0958 e. The van der Waals surface area contributed by atoms with Gasteiger partial charge in [0.15, 0.2) is 0 Å². The molecule has 0 bridgehead atoms. The lowest BCUT2D eigenvalue weighted by atomic mass is 9.78. The zero-order valence-electron chi connectivity index (χ0n) is 9.88. The van der Waals surface area contributed by atoms with E-state index in [0.29, 0.717) is 0 Å². The molecular weight excluding hydrogens is 198 g/mol. The number of aryl methyl sites for hydroxylation is 1. The van der Waals surface area contributed by atoms with Crippen LogP contribution < -0.4 is 5.32 Å². The first-order valence-corrected chi connectivity index (χ1v) is 6.25. The molecule has 1 aromatic carbocycles. The number of hydrogen-bond acceptors (Lipinski definition) is 2. The molecule has 1 saturated heterocycles. The highest BCUT2D eigenvalue weighted by Gasteiger charge is 2.38. The molecule has 0 unspecified atom stereocenters. The minimum atomic E-state index is 0.0187. The number of hydrogen-bond donors (Lipinski definition) is 1. The van der Waals surface area contributed by atoms with Crippen LogP contribution in [0.1, 0.15) is 29.5 Å². The van der Waals surface area contributed by atoms with Crippen LogP contribution in [0.5, 0.6) is 0 Å². The van der Waals surface area contributed by atoms with Crippen LogP contribution in [-0.4, -0.2) is 19.7 Å². The highest BCUT2D eigenvalue weighted by molar-refractivity contribution is 5.40. The third-order valence-electron chi connectivity index (χ3n) is 4.04. The van der Waals surface area contributed by atoms with Gasteiger partial charge in [-0.3, -0.25) is 0 Å². The summed E-state index contributed by atoms with van der Waals surface area (Å²) in [6, 6.07) is 6.67. The molecule has 16 heavy (non-hydrogen) atoms. The zero-order valence-corrected chi connectivity index (χ0v) is 9.88. The van der Waals surface area contributed by atoms with Crippen LogP contribution in [0, 0.1) is 6.92 Å². The van der Waals surface area contributed by atoms with Crippen molar-refractivity contribution in [3.63, 3.8) is 0 Å². The normalized spacial score (nSPS) is 23.1. The van der Waals surface area contributed by atoms with E-state index in [-0.39, 0.29) is 5.60 Å². The van der Waals surface area contributed by atoms with Crippen molar-refractivity contribution in [1.82, 2.24) is 5.32 Å². The number of fused-ring (bicyclic) bond motifs is 2. The summed E-state index contributed by atoms with van der Waals surface area (Å²) in [5, 5.41) is 3.42. The van der Waals surface area contributed by atoms with E-state index in [1.807, 2.05) is 0 Å². The maximum absolute atomic E-state index is 6.15. The Morgan fingerprint density at radius 2 is 2.06 bits per heavy atom. The van der Waals surface area contributed by atoms with Gasteiger partial charge in [0.25, 0.3) is 0 Å². The fraction of sp³-hybridized carbons (Fsp3) is 0.571. The summed E-state index contributed by atoms with van der Waals surface area (Å²) in [5.41, 5.74) is 4.44. The van der Waals surface area contributed by atoms with Crippen LogP contribution in [0.4, 0.5) is 0 Å². The Morgan fingerprint density at radius 1 is 1.25 bits per heavy atom. The first kappa shape index (κ1) is 10.3. The molecule has 2 heterocycles. The number of ether oxygens (including phenoxy) is 1. The minimum Gasteiger partial charge on any atom is -0.370 e. The van der Waals surface area contributed by atoms with Gasteiger partial charge in [-0.2, -0.15) is 0 Å². The molecule has 86 valence electrons. The average molecular weight is 217 g/mol. The number of piperidine rings is 1. The minimum absolute atomic E-state index is 0.0187. The summed E-state index contributed by atoms with van der Waals surface area (Å²) < 4.78 is 6.15. The number of benzene rings is 1. The molecule has 3 rings (SSSR count). The Balaban J connectivity index is 2.08. The van der Waals surface area contributed by atoms with Crippen molar-refractivity contribution in [3.8, 4) is 0 Å². The monoisotopic (exact) mass is 217 g/mol. The van der Waals surface area contributed by atoms with E-state index in [0.717, 1.165) is 39.0 Å². The molecular formula is C14H19NO. The van der Waals surface area contributed by atoms with E-state index in [2.05, 4.69) is 30.4 Å². The fourth-order valence-corrected chi connectivity index (χ4v) is 3.13. The molecule has 1 spiro atoms. The molecule has 0 aliphatic carbocycles. The van der Waals surface area contributed by atoms with Crippen LogP contribution in [0.25, 0.3) is 0 Å². The van der Waals surface area contributed by atoms with Crippen LogP contribution in [0.3, 0.4) is 0 Å². The predicted molar refractivity (Wildman–Crippen MR) is 64.6 cm³/mol. The summed E-state index contributed by atoms with van der Waals surface area (Å²) in [5.74, 6) is 0. The lowest BCUT2D eigenvalue weighted by Gasteiger charge is -2.42. The van der Waals surface area contributed by atoms with E-state index < -0.39 is 0 Å². The summed E-state index contributed by atoms with van der Waals surface area (Å²) in [6.45, 7) is 5.26. The van der Waals surface area contributed by atoms with Gasteiger partial charge in [0.1, 0.15) is 0 Å². The third-order valence-corrected chi connectivity index (χ3v) is 4.04. The Labute approximate surface area is 97.0 Å². The molecule has 2 heteroatoms. The van der Waals surface area contributed by atoms with Crippen molar-refractivity contribution in [3.05, 3.63) is 34.9 Å². The SMILES string of the molecule is Cc1cccc2c1CCOC21CCNCC1. The van der Waals surface area contributed by atoms with Gasteiger partial charge in [-0.05, 0) is 56.0 Å². The van der Waals surface area contributed by atoms with Crippen LogP contribution in [-0.2, 0) is 16.8 Å². The predicted octanol–water partition coefficient (Wildman–Crippen LogP) is 2.15. The van der Waals surface area contributed by atoms with Gasteiger partial charge in [0.05, 0.1) is 12.2 Å². The Kier molecular flexibility index (Phi) is 2.49. The van der Waals surface area contributed by atoms with E-state index in [1.54, 1.807) is 0 Å². The lowest BCUT2D eigenvalue weighted by molar-refractivity contribution is -0.0803. The van der Waals surface area contributed by atoms with Gasteiger partial charge < -0.3 is 10.1 Å². The number of nitrogens with one attached hydrogen (secondary N) is 1. The lowest BCUT2D eigenvalue weighted by Crippen LogP contribution is -2.44. The molecule has 0 saturated carbocycles. The highest BCUT2D eigenvalue weighted by Crippen LogP contribution is 2.40. The number of rotatable bonds is 0. The average Bonchev–Trinajstić information content (AvgIpc) is 2.32. The second-order valence-corrected chi connectivity index (χ2v) is 4.94. The molecule has 0 aromatic heterocycles. The summed E-state index contributed by atoms with van der Waals surface area (Å²) in [4.78, 5) is 0. The largest absolute Gasteiger partial charge is 0.370 e. The second kappa shape index (κ2) is 3.86. The van der Waals surface area contributed by atoms with Gasteiger partial charge in [0.2, 0.25) is 0 Å².